The van der Waals surface area contributed by atoms with Gasteiger partial charge in [-0.25, -0.2) is 4.79 Å². The van der Waals surface area contributed by atoms with E-state index in [1.165, 1.54) is 24.3 Å². The fourth-order valence-corrected chi connectivity index (χ4v) is 0.908. The summed E-state index contributed by atoms with van der Waals surface area (Å²) in [7, 11) is 0. The molecule has 0 saturated carbocycles. The summed E-state index contributed by atoms with van der Waals surface area (Å²) in [6.45, 7) is 0. The van der Waals surface area contributed by atoms with Crippen molar-refractivity contribution in [3.63, 3.8) is 0 Å². The first kappa shape index (κ1) is 7.55. The minimum Gasteiger partial charge on any atom is -0.481 e. The molecule has 0 unspecified atom stereocenters. The highest BCUT2D eigenvalue weighted by molar-refractivity contribution is 5.87. The van der Waals surface area contributed by atoms with Crippen molar-refractivity contribution in [3.8, 4) is 0 Å². The summed E-state index contributed by atoms with van der Waals surface area (Å²) in [6, 6.07) is 5.06. The van der Waals surface area contributed by atoms with E-state index in [0.717, 1.165) is 0 Å². The zero-order valence-electron chi connectivity index (χ0n) is 9.23. The maximum Gasteiger partial charge on any atom is 0.335 e. The number of hydrogen-bond acceptors (Lipinski definition) is 2. The first-order valence-electron chi connectivity index (χ1n) is 4.88. The summed E-state index contributed by atoms with van der Waals surface area (Å²) in [5, 5.41) is 17.2. The second-order valence-corrected chi connectivity index (χ2v) is 2.63. The van der Waals surface area contributed by atoms with E-state index >= 15 is 0 Å². The van der Waals surface area contributed by atoms with Crippen molar-refractivity contribution in [2.24, 2.45) is 0 Å². The third-order valence-corrected chi connectivity index (χ3v) is 1.58. The molecule has 0 aliphatic rings. The molecule has 1 aromatic carbocycles. The number of aromatic carboxylic acids is 1. The fourth-order valence-electron chi connectivity index (χ4n) is 0.908. The Bertz CT molecular complexity index is 411. The smallest absolute Gasteiger partial charge is 0.335 e. The molecule has 0 heterocycles. The maximum atomic E-state index is 10.6. The summed E-state index contributed by atoms with van der Waals surface area (Å²) in [5.74, 6) is -2.35. The zero-order chi connectivity index (χ0) is 12.3. The fraction of sp³-hybridized carbons (Fsp3) is 0.200. The Morgan fingerprint density at radius 3 is 2.21 bits per heavy atom. The molecule has 0 saturated heterocycles. The van der Waals surface area contributed by atoms with Gasteiger partial charge in [-0.3, -0.25) is 4.79 Å². The molecule has 0 aliphatic carbocycles. The lowest BCUT2D eigenvalue weighted by Crippen LogP contribution is -1.99. The predicted octanol–water partition coefficient (Wildman–Crippen LogP) is 1.40. The van der Waals surface area contributed by atoms with Crippen molar-refractivity contribution in [2.45, 2.75) is 12.8 Å². The van der Waals surface area contributed by atoms with Crippen LogP contribution in [0.25, 0.3) is 0 Å². The molecule has 0 bridgehead atoms. The second-order valence-electron chi connectivity index (χ2n) is 2.63. The second kappa shape index (κ2) is 4.41. The predicted molar refractivity (Wildman–Crippen MR) is 49.4 cm³/mol. The molecule has 0 spiro atoms. The van der Waals surface area contributed by atoms with Crippen LogP contribution in [0.4, 0.5) is 0 Å². The normalized spacial score (nSPS) is 12.9. The van der Waals surface area contributed by atoms with Crippen molar-refractivity contribution >= 4 is 11.9 Å². The van der Waals surface area contributed by atoms with Crippen LogP contribution in [0, 0.1) is 0 Å². The largest absolute Gasteiger partial charge is 0.481 e. The van der Waals surface area contributed by atoms with Gasteiger partial charge in [0.15, 0.2) is 0 Å². The molecular formula is C10H10O4. The van der Waals surface area contributed by atoms with E-state index in [2.05, 4.69) is 0 Å². The summed E-state index contributed by atoms with van der Waals surface area (Å²) in [6.07, 6.45) is -2.65. The Morgan fingerprint density at radius 2 is 1.79 bits per heavy atom. The van der Waals surface area contributed by atoms with Crippen molar-refractivity contribution in [2.75, 3.05) is 0 Å². The van der Waals surface area contributed by atoms with E-state index in [0.29, 0.717) is 0 Å². The van der Waals surface area contributed by atoms with Crippen LogP contribution in [-0.2, 0) is 11.2 Å². The van der Waals surface area contributed by atoms with Crippen LogP contribution < -0.4 is 0 Å². The minimum atomic E-state index is -2.00. The van der Waals surface area contributed by atoms with Crippen molar-refractivity contribution in [3.05, 3.63) is 35.4 Å². The molecule has 14 heavy (non-hydrogen) atoms. The first-order chi connectivity index (χ1) is 7.33. The van der Waals surface area contributed by atoms with Gasteiger partial charge in [-0.2, -0.15) is 0 Å². The van der Waals surface area contributed by atoms with Crippen LogP contribution in [0.3, 0.4) is 0 Å². The Balaban J connectivity index is 2.96. The number of aliphatic carboxylic acids is 1. The number of carbonyl (C=O) groups is 2. The molecular weight excluding hydrogens is 184 g/mol. The zero-order valence-corrected chi connectivity index (χ0v) is 7.23. The Hall–Kier alpha value is -1.84. The van der Waals surface area contributed by atoms with E-state index in [4.69, 9.17) is 13.0 Å². The van der Waals surface area contributed by atoms with Crippen LogP contribution in [0.5, 0.6) is 0 Å². The lowest BCUT2D eigenvalue weighted by Gasteiger charge is -1.99. The van der Waals surface area contributed by atoms with Crippen LogP contribution in [0.15, 0.2) is 24.3 Å². The third-order valence-electron chi connectivity index (χ3n) is 1.58. The highest BCUT2D eigenvalue weighted by Crippen LogP contribution is 2.06. The lowest BCUT2D eigenvalue weighted by molar-refractivity contribution is -0.136. The van der Waals surface area contributed by atoms with Crippen LogP contribution in [-0.4, -0.2) is 22.2 Å². The number of hydrogen-bond donors (Lipinski definition) is 2. The van der Waals surface area contributed by atoms with E-state index in [1.807, 2.05) is 0 Å². The summed E-state index contributed by atoms with van der Waals surface area (Å²) in [4.78, 5) is 21.0. The van der Waals surface area contributed by atoms with E-state index in [9.17, 15) is 9.59 Å². The molecule has 0 atom stereocenters. The average Bonchev–Trinajstić information content (AvgIpc) is 2.16. The van der Waals surface area contributed by atoms with Gasteiger partial charge in [0, 0.05) is 9.16 Å². The summed E-state index contributed by atoms with van der Waals surface area (Å²) in [5.41, 5.74) is 0.190. The Kier molecular flexibility index (Phi) is 2.38. The van der Waals surface area contributed by atoms with Gasteiger partial charge in [-0.05, 0) is 24.1 Å². The molecule has 74 valence electrons. The SMILES string of the molecule is [2H]C([2H])(CC(=O)O)c1ccc(C(=O)O)cc1. The molecule has 1 rings (SSSR count). The molecule has 1 aromatic rings. The Morgan fingerprint density at radius 1 is 1.21 bits per heavy atom. The molecule has 2 N–H and O–H groups in total. The van der Waals surface area contributed by atoms with Crippen molar-refractivity contribution in [1.29, 1.82) is 0 Å². The monoisotopic (exact) mass is 196 g/mol. The highest BCUT2D eigenvalue weighted by Gasteiger charge is 2.02. The average molecular weight is 196 g/mol. The quantitative estimate of drug-likeness (QED) is 0.763. The number of aryl methyl sites for hydroxylation is 1. The van der Waals surface area contributed by atoms with Crippen LogP contribution in [0.1, 0.15) is 25.1 Å². The van der Waals surface area contributed by atoms with Gasteiger partial charge >= 0.3 is 11.9 Å². The van der Waals surface area contributed by atoms with Gasteiger partial charge in [0.1, 0.15) is 0 Å². The van der Waals surface area contributed by atoms with Gasteiger partial charge in [0.2, 0.25) is 0 Å². The maximum absolute atomic E-state index is 10.6. The molecule has 0 amide bonds. The van der Waals surface area contributed by atoms with Gasteiger partial charge in [0.05, 0.1) is 5.56 Å². The van der Waals surface area contributed by atoms with E-state index < -0.39 is 24.7 Å². The van der Waals surface area contributed by atoms with Gasteiger partial charge in [-0.15, -0.1) is 0 Å². The molecule has 0 radical (unpaired) electrons. The standard InChI is InChI=1S/C10H10O4/c11-9(12)6-3-7-1-4-8(5-2-7)10(13)14/h1-2,4-5H,3,6H2,(H,11,12)(H,13,14)/i3D2. The Labute approximate surface area is 83.6 Å². The molecule has 4 heteroatoms. The number of carboxylic acid groups (broad SMARTS) is 2. The summed E-state index contributed by atoms with van der Waals surface area (Å²) >= 11 is 0. The molecule has 0 aliphatic heterocycles. The molecule has 4 nitrogen and oxygen atoms in total. The van der Waals surface area contributed by atoms with Gasteiger partial charge < -0.3 is 10.2 Å². The first-order valence-corrected chi connectivity index (χ1v) is 3.88. The summed E-state index contributed by atoms with van der Waals surface area (Å²) < 4.78 is 15.0. The lowest BCUT2D eigenvalue weighted by atomic mass is 10.1. The van der Waals surface area contributed by atoms with Gasteiger partial charge in [-0.1, -0.05) is 12.1 Å². The van der Waals surface area contributed by atoms with E-state index in [1.54, 1.807) is 0 Å². The third kappa shape index (κ3) is 2.90. The topological polar surface area (TPSA) is 74.6 Å². The number of rotatable bonds is 4. The van der Waals surface area contributed by atoms with Gasteiger partial charge in [0.25, 0.3) is 0 Å². The van der Waals surface area contributed by atoms with E-state index in [-0.39, 0.29) is 11.1 Å². The van der Waals surface area contributed by atoms with Crippen molar-refractivity contribution < 1.29 is 22.5 Å². The molecule has 0 aromatic heterocycles. The molecule has 0 fully saturated rings. The minimum absolute atomic E-state index is 0.0369. The van der Waals surface area contributed by atoms with Crippen LogP contribution >= 0.6 is 0 Å². The highest BCUT2D eigenvalue weighted by atomic mass is 16.4. The van der Waals surface area contributed by atoms with Crippen LogP contribution in [0.2, 0.25) is 0 Å². The number of benzene rings is 1. The van der Waals surface area contributed by atoms with Crippen molar-refractivity contribution in [1.82, 2.24) is 0 Å². The number of carboxylic acids is 2.